The fourth-order valence-electron chi connectivity index (χ4n) is 6.98. The summed E-state index contributed by atoms with van der Waals surface area (Å²) in [4.78, 5) is 37.5. The first-order valence-electron chi connectivity index (χ1n) is 23.4. The van der Waals surface area contributed by atoms with Crippen molar-refractivity contribution in [3.63, 3.8) is 0 Å². The lowest BCUT2D eigenvalue weighted by Crippen LogP contribution is -2.30. The number of ether oxygens (including phenoxy) is 3. The number of hydrogen-bond donors (Lipinski definition) is 0. The molecule has 0 unspecified atom stereocenters. The molecule has 0 saturated carbocycles. The largest absolute Gasteiger partial charge is 0.462 e. The molecule has 0 bridgehead atoms. The van der Waals surface area contributed by atoms with Crippen LogP contribution in [0.2, 0.25) is 0 Å². The third kappa shape index (κ3) is 41.4. The Morgan fingerprint density at radius 1 is 0.358 bits per heavy atom. The quantitative estimate of drug-likeness (QED) is 0.0351. The summed E-state index contributed by atoms with van der Waals surface area (Å²) in [6.07, 6.45) is 41.1. The highest BCUT2D eigenvalue weighted by Crippen LogP contribution is 2.16. The maximum atomic E-state index is 12.6. The number of carbonyl (C=O) groups excluding carboxylic acids is 3. The standard InChI is InChI=1S/C47H90O6/c1-5-7-9-11-13-22-27-30-34-38-45(48)51-41-44(53-47(50)40-36-32-25-12-10-8-6-2)42-52-46(49)39-35-31-28-24-21-19-17-15-14-16-18-20-23-26-29-33-37-43(3)4/h43-44H,5-42H2,1-4H3/t44-/m1/s1. The minimum atomic E-state index is -0.757. The van der Waals surface area contributed by atoms with Gasteiger partial charge in [-0.15, -0.1) is 0 Å². The molecule has 0 spiro atoms. The fraction of sp³-hybridized carbons (Fsp3) is 0.936. The zero-order valence-electron chi connectivity index (χ0n) is 36.0. The van der Waals surface area contributed by atoms with Crippen LogP contribution >= 0.6 is 0 Å². The first-order chi connectivity index (χ1) is 25.9. The van der Waals surface area contributed by atoms with E-state index in [0.717, 1.165) is 63.7 Å². The van der Waals surface area contributed by atoms with Gasteiger partial charge in [-0.05, 0) is 25.2 Å². The Balaban J connectivity index is 4.12. The second kappa shape index (κ2) is 41.6. The highest BCUT2D eigenvalue weighted by molar-refractivity contribution is 5.71. The Hall–Kier alpha value is -1.59. The van der Waals surface area contributed by atoms with E-state index < -0.39 is 6.10 Å². The molecule has 0 aliphatic heterocycles. The molecule has 0 aliphatic rings. The van der Waals surface area contributed by atoms with Gasteiger partial charge in [0.25, 0.3) is 0 Å². The fourth-order valence-corrected chi connectivity index (χ4v) is 6.98. The molecule has 0 aliphatic carbocycles. The van der Waals surface area contributed by atoms with E-state index >= 15 is 0 Å². The summed E-state index contributed by atoms with van der Waals surface area (Å²) in [5.41, 5.74) is 0. The summed E-state index contributed by atoms with van der Waals surface area (Å²) in [7, 11) is 0. The zero-order valence-corrected chi connectivity index (χ0v) is 36.0. The van der Waals surface area contributed by atoms with E-state index in [-0.39, 0.29) is 31.1 Å². The molecule has 6 heteroatoms. The summed E-state index contributed by atoms with van der Waals surface area (Å²) in [6, 6.07) is 0. The maximum absolute atomic E-state index is 12.6. The van der Waals surface area contributed by atoms with Crippen LogP contribution in [0.1, 0.15) is 259 Å². The molecule has 0 fully saturated rings. The molecule has 0 rings (SSSR count). The Morgan fingerprint density at radius 3 is 0.925 bits per heavy atom. The van der Waals surface area contributed by atoms with Crippen LogP contribution in [0.4, 0.5) is 0 Å². The Labute approximate surface area is 329 Å². The van der Waals surface area contributed by atoms with Crippen molar-refractivity contribution in [1.82, 2.24) is 0 Å². The molecule has 0 aromatic carbocycles. The van der Waals surface area contributed by atoms with E-state index in [0.29, 0.717) is 19.3 Å². The Morgan fingerprint density at radius 2 is 0.623 bits per heavy atom. The number of hydrogen-bond acceptors (Lipinski definition) is 6. The van der Waals surface area contributed by atoms with Crippen molar-refractivity contribution in [2.75, 3.05) is 13.2 Å². The average molecular weight is 751 g/mol. The molecule has 53 heavy (non-hydrogen) atoms. The summed E-state index contributed by atoms with van der Waals surface area (Å²) < 4.78 is 16.6. The predicted octanol–water partition coefficient (Wildman–Crippen LogP) is 14.7. The molecule has 6 nitrogen and oxygen atoms in total. The first kappa shape index (κ1) is 51.4. The zero-order chi connectivity index (χ0) is 38.9. The average Bonchev–Trinajstić information content (AvgIpc) is 3.14. The van der Waals surface area contributed by atoms with Gasteiger partial charge >= 0.3 is 17.9 Å². The van der Waals surface area contributed by atoms with Gasteiger partial charge in [-0.25, -0.2) is 0 Å². The van der Waals surface area contributed by atoms with E-state index in [1.54, 1.807) is 0 Å². The van der Waals surface area contributed by atoms with Gasteiger partial charge in [0.05, 0.1) is 0 Å². The molecule has 314 valence electrons. The molecule has 1 atom stereocenters. The van der Waals surface area contributed by atoms with Gasteiger partial charge < -0.3 is 14.2 Å². The predicted molar refractivity (Wildman–Crippen MR) is 224 cm³/mol. The van der Waals surface area contributed by atoms with Gasteiger partial charge in [0.1, 0.15) is 13.2 Å². The number of unbranched alkanes of at least 4 members (excludes halogenated alkanes) is 29. The van der Waals surface area contributed by atoms with Crippen molar-refractivity contribution < 1.29 is 28.6 Å². The van der Waals surface area contributed by atoms with Crippen LogP contribution < -0.4 is 0 Å². The third-order valence-corrected chi connectivity index (χ3v) is 10.5. The highest BCUT2D eigenvalue weighted by Gasteiger charge is 2.19. The van der Waals surface area contributed by atoms with Crippen molar-refractivity contribution in [3.8, 4) is 0 Å². The van der Waals surface area contributed by atoms with E-state index in [4.69, 9.17) is 14.2 Å². The van der Waals surface area contributed by atoms with Crippen molar-refractivity contribution in [1.29, 1.82) is 0 Å². The van der Waals surface area contributed by atoms with Crippen molar-refractivity contribution in [2.24, 2.45) is 5.92 Å². The van der Waals surface area contributed by atoms with E-state index in [1.807, 2.05) is 0 Å². The van der Waals surface area contributed by atoms with Gasteiger partial charge in [0.15, 0.2) is 6.10 Å². The molecule has 0 saturated heterocycles. The summed E-state index contributed by atoms with van der Waals surface area (Å²) >= 11 is 0. The second-order valence-electron chi connectivity index (χ2n) is 16.5. The van der Waals surface area contributed by atoms with Gasteiger partial charge in [-0.2, -0.15) is 0 Å². The lowest BCUT2D eigenvalue weighted by atomic mass is 10.0. The van der Waals surface area contributed by atoms with Crippen LogP contribution in [-0.2, 0) is 28.6 Å². The molecule has 0 radical (unpaired) electrons. The Kier molecular flexibility index (Phi) is 40.3. The van der Waals surface area contributed by atoms with Crippen LogP contribution in [-0.4, -0.2) is 37.2 Å². The van der Waals surface area contributed by atoms with Gasteiger partial charge in [0, 0.05) is 19.3 Å². The molecule has 0 aromatic heterocycles. The topological polar surface area (TPSA) is 78.9 Å². The van der Waals surface area contributed by atoms with Crippen molar-refractivity contribution in [2.45, 2.75) is 265 Å². The Bertz CT molecular complexity index is 796. The monoisotopic (exact) mass is 751 g/mol. The maximum Gasteiger partial charge on any atom is 0.306 e. The number of carbonyl (C=O) groups is 3. The summed E-state index contributed by atoms with van der Waals surface area (Å²) in [5, 5.41) is 0. The van der Waals surface area contributed by atoms with Crippen LogP contribution in [0.3, 0.4) is 0 Å². The molecule has 0 amide bonds. The van der Waals surface area contributed by atoms with Crippen LogP contribution in [0.25, 0.3) is 0 Å². The van der Waals surface area contributed by atoms with Crippen molar-refractivity contribution in [3.05, 3.63) is 0 Å². The lowest BCUT2D eigenvalue weighted by Gasteiger charge is -2.18. The SMILES string of the molecule is CCCCCCCCCCCC(=O)OC[C@H](COC(=O)CCCCCCCCCCCCCCCCCCC(C)C)OC(=O)CCCCCCCCC. The highest BCUT2D eigenvalue weighted by atomic mass is 16.6. The summed E-state index contributed by atoms with van der Waals surface area (Å²) in [5.74, 6) is -0.00888. The van der Waals surface area contributed by atoms with Crippen LogP contribution in [0.5, 0.6) is 0 Å². The van der Waals surface area contributed by atoms with E-state index in [1.165, 1.54) is 154 Å². The molecular formula is C47H90O6. The van der Waals surface area contributed by atoms with E-state index in [9.17, 15) is 14.4 Å². The summed E-state index contributed by atoms with van der Waals surface area (Å²) in [6.45, 7) is 8.96. The van der Waals surface area contributed by atoms with Crippen LogP contribution in [0.15, 0.2) is 0 Å². The molecule has 0 N–H and O–H groups in total. The molecule has 0 heterocycles. The van der Waals surface area contributed by atoms with Crippen LogP contribution in [0, 0.1) is 5.92 Å². The number of rotatable bonds is 42. The lowest BCUT2D eigenvalue weighted by molar-refractivity contribution is -0.167. The van der Waals surface area contributed by atoms with Gasteiger partial charge in [0.2, 0.25) is 0 Å². The minimum Gasteiger partial charge on any atom is -0.462 e. The van der Waals surface area contributed by atoms with Gasteiger partial charge in [-0.1, -0.05) is 220 Å². The smallest absolute Gasteiger partial charge is 0.306 e. The normalized spacial score (nSPS) is 11.9. The molecule has 0 aromatic rings. The van der Waals surface area contributed by atoms with E-state index in [2.05, 4.69) is 27.7 Å². The minimum absolute atomic E-state index is 0.0641. The van der Waals surface area contributed by atoms with Gasteiger partial charge in [-0.3, -0.25) is 14.4 Å². The first-order valence-corrected chi connectivity index (χ1v) is 23.4. The third-order valence-electron chi connectivity index (χ3n) is 10.5. The second-order valence-corrected chi connectivity index (χ2v) is 16.5. The number of esters is 3. The van der Waals surface area contributed by atoms with Crippen molar-refractivity contribution >= 4 is 17.9 Å². The molecular weight excluding hydrogens is 661 g/mol.